The fourth-order valence-electron chi connectivity index (χ4n) is 9.53. The first kappa shape index (κ1) is 72.8. The topological polar surface area (TPSA) is 78.9 Å². The summed E-state index contributed by atoms with van der Waals surface area (Å²) in [5.41, 5.74) is 0. The molecule has 0 saturated heterocycles. The van der Waals surface area contributed by atoms with Crippen molar-refractivity contribution >= 4 is 17.9 Å². The highest BCUT2D eigenvalue weighted by Crippen LogP contribution is 2.17. The monoisotopic (exact) mass is 1060 g/mol. The fourth-order valence-corrected chi connectivity index (χ4v) is 9.53. The average molecular weight is 1060 g/mol. The van der Waals surface area contributed by atoms with Crippen molar-refractivity contribution < 1.29 is 28.6 Å². The summed E-state index contributed by atoms with van der Waals surface area (Å²) >= 11 is 0. The Morgan fingerprint density at radius 1 is 0.276 bits per heavy atom. The van der Waals surface area contributed by atoms with Crippen molar-refractivity contribution in [1.82, 2.24) is 0 Å². The Bertz CT molecular complexity index is 1400. The molecule has 1 atom stereocenters. The van der Waals surface area contributed by atoms with Crippen molar-refractivity contribution in [3.05, 3.63) is 72.9 Å². The Balaban J connectivity index is 4.16. The number of rotatable bonds is 60. The Hall–Kier alpha value is -3.15. The molecule has 440 valence electrons. The van der Waals surface area contributed by atoms with E-state index < -0.39 is 6.10 Å². The van der Waals surface area contributed by atoms with Crippen LogP contribution in [0.2, 0.25) is 0 Å². The molecule has 0 bridgehead atoms. The molecule has 0 aromatic carbocycles. The molecule has 6 heteroatoms. The first-order valence-corrected chi connectivity index (χ1v) is 32.9. The van der Waals surface area contributed by atoms with E-state index in [4.69, 9.17) is 14.2 Å². The van der Waals surface area contributed by atoms with Crippen LogP contribution in [0.1, 0.15) is 335 Å². The third-order valence-electron chi connectivity index (χ3n) is 14.4. The second-order valence-corrected chi connectivity index (χ2v) is 22.0. The van der Waals surface area contributed by atoms with E-state index >= 15 is 0 Å². The molecule has 0 fully saturated rings. The van der Waals surface area contributed by atoms with E-state index in [0.29, 0.717) is 19.3 Å². The molecule has 0 aromatic rings. The van der Waals surface area contributed by atoms with E-state index in [9.17, 15) is 14.4 Å². The molecule has 0 spiro atoms. The second-order valence-electron chi connectivity index (χ2n) is 22.0. The molecule has 0 heterocycles. The molecule has 0 rings (SSSR count). The van der Waals surface area contributed by atoms with E-state index in [2.05, 4.69) is 93.7 Å². The number of hydrogen-bond donors (Lipinski definition) is 0. The van der Waals surface area contributed by atoms with Crippen molar-refractivity contribution in [2.75, 3.05) is 13.2 Å². The predicted molar refractivity (Wildman–Crippen MR) is 330 cm³/mol. The summed E-state index contributed by atoms with van der Waals surface area (Å²) < 4.78 is 16.9. The molecular weight excluding hydrogens is 937 g/mol. The highest BCUT2D eigenvalue weighted by Gasteiger charge is 2.19. The molecule has 0 aromatic heterocycles. The number of hydrogen-bond acceptors (Lipinski definition) is 6. The molecule has 76 heavy (non-hydrogen) atoms. The van der Waals surface area contributed by atoms with Crippen LogP contribution in [0.5, 0.6) is 0 Å². The van der Waals surface area contributed by atoms with Gasteiger partial charge in [-0.3, -0.25) is 14.4 Å². The van der Waals surface area contributed by atoms with Gasteiger partial charge in [0, 0.05) is 19.3 Å². The number of esters is 3. The zero-order chi connectivity index (χ0) is 55.0. The Morgan fingerprint density at radius 3 is 0.816 bits per heavy atom. The summed E-state index contributed by atoms with van der Waals surface area (Å²) in [5.74, 6) is -0.896. The van der Waals surface area contributed by atoms with Crippen LogP contribution in [0.4, 0.5) is 0 Å². The van der Waals surface area contributed by atoms with Crippen LogP contribution < -0.4 is 0 Å². The van der Waals surface area contributed by atoms with E-state index in [1.54, 1.807) is 0 Å². The van der Waals surface area contributed by atoms with E-state index in [0.717, 1.165) is 96.3 Å². The van der Waals surface area contributed by atoms with Gasteiger partial charge >= 0.3 is 17.9 Å². The maximum Gasteiger partial charge on any atom is 0.306 e. The molecule has 0 N–H and O–H groups in total. The van der Waals surface area contributed by atoms with Gasteiger partial charge in [0.25, 0.3) is 0 Å². The van der Waals surface area contributed by atoms with Crippen LogP contribution in [0, 0.1) is 0 Å². The standard InChI is InChI=1S/C70H124O6/c1-4-7-10-13-16-19-22-25-27-28-29-30-31-32-33-34-35-36-37-38-39-40-41-42-43-46-48-51-54-57-60-63-69(72)75-66-67(65-74-68(71)62-59-56-53-50-47-44-24-21-18-15-12-9-6-3)76-70(73)64-61-58-55-52-49-45-26-23-20-17-14-11-8-5-2/h9,12,18,21-22,25,28-29,31-32,44,47,67H,4-8,10-11,13-17,19-20,23-24,26-27,30,33-43,45-46,48-66H2,1-3H3/b12-9-,21-18-,25-22-,29-28-,32-31-,47-44-. The van der Waals surface area contributed by atoms with Crippen LogP contribution in [-0.2, 0) is 28.6 Å². The second kappa shape index (κ2) is 64.4. The molecule has 0 aliphatic carbocycles. The highest BCUT2D eigenvalue weighted by atomic mass is 16.6. The fraction of sp³-hybridized carbons (Fsp3) is 0.786. The third-order valence-corrected chi connectivity index (χ3v) is 14.4. The van der Waals surface area contributed by atoms with Crippen LogP contribution in [0.3, 0.4) is 0 Å². The summed E-state index contributed by atoms with van der Waals surface area (Å²) in [7, 11) is 0. The first-order valence-electron chi connectivity index (χ1n) is 32.9. The van der Waals surface area contributed by atoms with Crippen LogP contribution in [0.15, 0.2) is 72.9 Å². The van der Waals surface area contributed by atoms with Crippen molar-refractivity contribution in [2.24, 2.45) is 0 Å². The SMILES string of the molecule is CC/C=C\C/C=C\C/C=C\CCCCCC(=O)OCC(COC(=O)CCCCCCCCCCCCCCCCCC/C=C\C/C=C\C/C=C\CCCCCCC)OC(=O)CCCCCCCCCCCCCCCC. The number of allylic oxidation sites excluding steroid dienone is 12. The molecule has 0 amide bonds. The van der Waals surface area contributed by atoms with Gasteiger partial charge in [0.1, 0.15) is 13.2 Å². The lowest BCUT2D eigenvalue weighted by molar-refractivity contribution is -0.167. The molecule has 0 aliphatic heterocycles. The zero-order valence-electron chi connectivity index (χ0n) is 50.5. The van der Waals surface area contributed by atoms with Gasteiger partial charge in [0.05, 0.1) is 0 Å². The van der Waals surface area contributed by atoms with Crippen LogP contribution in [-0.4, -0.2) is 37.2 Å². The van der Waals surface area contributed by atoms with Gasteiger partial charge in [0.2, 0.25) is 0 Å². The van der Waals surface area contributed by atoms with Crippen molar-refractivity contribution in [3.63, 3.8) is 0 Å². The summed E-state index contributed by atoms with van der Waals surface area (Å²) in [5, 5.41) is 0. The van der Waals surface area contributed by atoms with Crippen molar-refractivity contribution in [2.45, 2.75) is 341 Å². The van der Waals surface area contributed by atoms with Crippen molar-refractivity contribution in [3.8, 4) is 0 Å². The highest BCUT2D eigenvalue weighted by molar-refractivity contribution is 5.71. The van der Waals surface area contributed by atoms with Gasteiger partial charge in [-0.1, -0.05) is 299 Å². The maximum absolute atomic E-state index is 12.9. The summed E-state index contributed by atoms with van der Waals surface area (Å²) in [6, 6.07) is 0. The molecule has 0 saturated carbocycles. The number of carbonyl (C=O) groups excluding carboxylic acids is 3. The lowest BCUT2D eigenvalue weighted by Crippen LogP contribution is -2.30. The minimum atomic E-state index is -0.785. The van der Waals surface area contributed by atoms with Crippen LogP contribution in [0.25, 0.3) is 0 Å². The lowest BCUT2D eigenvalue weighted by atomic mass is 10.0. The summed E-state index contributed by atoms with van der Waals surface area (Å²) in [4.78, 5) is 38.2. The Morgan fingerprint density at radius 2 is 0.513 bits per heavy atom. The number of carbonyl (C=O) groups is 3. The molecule has 0 radical (unpaired) electrons. The van der Waals surface area contributed by atoms with Gasteiger partial charge in [-0.05, 0) is 89.9 Å². The average Bonchev–Trinajstić information content (AvgIpc) is 3.42. The van der Waals surface area contributed by atoms with E-state index in [1.165, 1.54) is 199 Å². The normalized spacial score (nSPS) is 12.5. The van der Waals surface area contributed by atoms with Gasteiger partial charge in [-0.15, -0.1) is 0 Å². The van der Waals surface area contributed by atoms with Gasteiger partial charge < -0.3 is 14.2 Å². The molecule has 6 nitrogen and oxygen atoms in total. The Kier molecular flexibility index (Phi) is 61.7. The van der Waals surface area contributed by atoms with Crippen LogP contribution >= 0.6 is 0 Å². The predicted octanol–water partition coefficient (Wildman–Crippen LogP) is 22.5. The van der Waals surface area contributed by atoms with Crippen molar-refractivity contribution in [1.29, 1.82) is 0 Å². The van der Waals surface area contributed by atoms with Gasteiger partial charge in [0.15, 0.2) is 6.10 Å². The Labute approximate surface area is 472 Å². The maximum atomic E-state index is 12.9. The minimum Gasteiger partial charge on any atom is -0.462 e. The lowest BCUT2D eigenvalue weighted by Gasteiger charge is -2.18. The number of ether oxygens (including phenoxy) is 3. The summed E-state index contributed by atoms with van der Waals surface area (Å²) in [6.45, 7) is 6.52. The smallest absolute Gasteiger partial charge is 0.306 e. The van der Waals surface area contributed by atoms with Gasteiger partial charge in [-0.2, -0.15) is 0 Å². The third kappa shape index (κ3) is 61.7. The molecule has 1 unspecified atom stereocenters. The summed E-state index contributed by atoms with van der Waals surface area (Å²) in [6.07, 6.45) is 83.6. The van der Waals surface area contributed by atoms with E-state index in [1.807, 2.05) is 0 Å². The molecular formula is C70H124O6. The van der Waals surface area contributed by atoms with E-state index in [-0.39, 0.29) is 31.1 Å². The number of unbranched alkanes of at least 4 members (excludes halogenated alkanes) is 37. The minimum absolute atomic E-state index is 0.0810. The quantitative estimate of drug-likeness (QED) is 0.0261. The zero-order valence-corrected chi connectivity index (χ0v) is 50.5. The van der Waals surface area contributed by atoms with Gasteiger partial charge in [-0.25, -0.2) is 0 Å². The largest absolute Gasteiger partial charge is 0.462 e. The first-order chi connectivity index (χ1) is 37.5. The molecule has 0 aliphatic rings.